The lowest BCUT2D eigenvalue weighted by atomic mass is 10.1. The van der Waals surface area contributed by atoms with E-state index >= 15 is 0 Å². The maximum Gasteiger partial charge on any atom is 0.239 e. The molecule has 0 aliphatic carbocycles. The predicted molar refractivity (Wildman–Crippen MR) is 117 cm³/mol. The van der Waals surface area contributed by atoms with Crippen LogP contribution in [0.2, 0.25) is 0 Å². The molecule has 2 aromatic carbocycles. The largest absolute Gasteiger partial charge is 0.376 e. The Hall–Kier alpha value is -1.96. The topological polar surface area (TPSA) is 42.4 Å². The lowest BCUT2D eigenvalue weighted by molar-refractivity contribution is -0.116. The molecule has 0 radical (unpaired) electrons. The van der Waals surface area contributed by atoms with Gasteiger partial charge in [-0.25, -0.2) is 9.37 Å². The van der Waals surface area contributed by atoms with Crippen molar-refractivity contribution in [2.24, 2.45) is 0 Å². The van der Waals surface area contributed by atoms with Crippen LogP contribution in [0.25, 0.3) is 10.2 Å². The highest BCUT2D eigenvalue weighted by Gasteiger charge is 2.26. The zero-order valence-electron chi connectivity index (χ0n) is 16.3. The summed E-state index contributed by atoms with van der Waals surface area (Å²) >= 11 is 2.96. The summed E-state index contributed by atoms with van der Waals surface area (Å²) in [6.45, 7) is 3.38. The number of thiazole rings is 1. The number of hydrogen-bond donors (Lipinski definition) is 0. The normalized spacial score (nSPS) is 16.4. The minimum Gasteiger partial charge on any atom is -0.376 e. The Balaban J connectivity index is 1.57. The first kappa shape index (κ1) is 20.3. The van der Waals surface area contributed by atoms with E-state index in [1.807, 2.05) is 6.07 Å². The van der Waals surface area contributed by atoms with Crippen molar-refractivity contribution < 1.29 is 13.9 Å². The number of thioether (sulfide) groups is 1. The van der Waals surface area contributed by atoms with Crippen molar-refractivity contribution >= 4 is 44.4 Å². The van der Waals surface area contributed by atoms with Gasteiger partial charge in [0.15, 0.2) is 5.13 Å². The number of fused-ring (bicyclic) bond motifs is 1. The number of ether oxygens (including phenoxy) is 1. The highest BCUT2D eigenvalue weighted by molar-refractivity contribution is 8.00. The standard InChI is InChI=1S/C22H23FN2O2S2/c1-2-15-5-3-7-19-21(15)24-22(29-19)25(13-17-6-4-12-27-17)20(26)14-28-18-10-8-16(23)9-11-18/h3,5,7-11,17H,2,4,6,12-14H2,1H3. The van der Waals surface area contributed by atoms with Gasteiger partial charge in [0, 0.05) is 11.5 Å². The molecular weight excluding hydrogens is 407 g/mol. The molecule has 1 fully saturated rings. The first-order valence-corrected chi connectivity index (χ1v) is 11.6. The quantitative estimate of drug-likeness (QED) is 0.477. The molecule has 152 valence electrons. The van der Waals surface area contributed by atoms with Gasteiger partial charge in [0.25, 0.3) is 0 Å². The smallest absolute Gasteiger partial charge is 0.239 e. The summed E-state index contributed by atoms with van der Waals surface area (Å²) in [5.41, 5.74) is 2.17. The third kappa shape index (κ3) is 4.79. The molecule has 2 heterocycles. The summed E-state index contributed by atoms with van der Waals surface area (Å²) in [6, 6.07) is 12.4. The molecule has 0 N–H and O–H groups in total. The van der Waals surface area contributed by atoms with Crippen LogP contribution in [-0.4, -0.2) is 35.9 Å². The third-order valence-electron chi connectivity index (χ3n) is 4.99. The number of aromatic nitrogens is 1. The van der Waals surface area contributed by atoms with E-state index in [1.165, 1.54) is 29.5 Å². The monoisotopic (exact) mass is 430 g/mol. The fourth-order valence-corrected chi connectivity index (χ4v) is 5.24. The van der Waals surface area contributed by atoms with E-state index < -0.39 is 0 Å². The van der Waals surface area contributed by atoms with E-state index in [4.69, 9.17) is 9.72 Å². The summed E-state index contributed by atoms with van der Waals surface area (Å²) < 4.78 is 20.0. The number of nitrogens with zero attached hydrogens (tertiary/aromatic N) is 2. The van der Waals surface area contributed by atoms with Gasteiger partial charge in [0.2, 0.25) is 5.91 Å². The Morgan fingerprint density at radius 2 is 2.14 bits per heavy atom. The van der Waals surface area contributed by atoms with Crippen LogP contribution in [0.3, 0.4) is 0 Å². The highest BCUT2D eigenvalue weighted by atomic mass is 32.2. The van der Waals surface area contributed by atoms with E-state index in [2.05, 4.69) is 19.1 Å². The van der Waals surface area contributed by atoms with Gasteiger partial charge in [-0.2, -0.15) is 0 Å². The number of carbonyl (C=O) groups is 1. The molecule has 1 aliphatic heterocycles. The molecule has 1 aromatic heterocycles. The van der Waals surface area contributed by atoms with Crippen LogP contribution in [0, 0.1) is 5.82 Å². The number of para-hydroxylation sites is 1. The Labute approximate surface area is 178 Å². The second kappa shape index (κ2) is 9.24. The fourth-order valence-electron chi connectivity index (χ4n) is 3.43. The molecule has 7 heteroatoms. The Kier molecular flexibility index (Phi) is 6.47. The van der Waals surface area contributed by atoms with Crippen molar-refractivity contribution in [1.29, 1.82) is 0 Å². The van der Waals surface area contributed by atoms with Crippen molar-refractivity contribution in [1.82, 2.24) is 4.98 Å². The Morgan fingerprint density at radius 1 is 1.31 bits per heavy atom. The van der Waals surface area contributed by atoms with Gasteiger partial charge in [-0.1, -0.05) is 30.4 Å². The molecule has 1 aliphatic rings. The van der Waals surface area contributed by atoms with Crippen LogP contribution in [0.1, 0.15) is 25.3 Å². The molecule has 0 spiro atoms. The van der Waals surface area contributed by atoms with E-state index in [9.17, 15) is 9.18 Å². The second-order valence-corrected chi connectivity index (χ2v) is 9.05. The van der Waals surface area contributed by atoms with Crippen molar-refractivity contribution in [2.45, 2.75) is 37.2 Å². The minimum atomic E-state index is -0.276. The zero-order chi connectivity index (χ0) is 20.2. The van der Waals surface area contributed by atoms with Gasteiger partial charge in [-0.15, -0.1) is 11.8 Å². The number of hydrogen-bond acceptors (Lipinski definition) is 5. The van der Waals surface area contributed by atoms with Crippen LogP contribution >= 0.6 is 23.1 Å². The Morgan fingerprint density at radius 3 is 2.86 bits per heavy atom. The van der Waals surface area contributed by atoms with E-state index in [0.717, 1.165) is 46.1 Å². The summed E-state index contributed by atoms with van der Waals surface area (Å²) in [5, 5.41) is 0.723. The lowest BCUT2D eigenvalue weighted by Crippen LogP contribution is -2.38. The van der Waals surface area contributed by atoms with Crippen molar-refractivity contribution in [2.75, 3.05) is 23.8 Å². The predicted octanol–water partition coefficient (Wildman–Crippen LogP) is 5.30. The van der Waals surface area contributed by atoms with Crippen LogP contribution < -0.4 is 4.90 Å². The van der Waals surface area contributed by atoms with Crippen molar-refractivity contribution in [3.05, 3.63) is 53.8 Å². The van der Waals surface area contributed by atoms with Crippen molar-refractivity contribution in [3.8, 4) is 0 Å². The molecule has 1 atom stereocenters. The number of carbonyl (C=O) groups excluding carboxylic acids is 1. The molecule has 4 rings (SSSR count). The summed E-state index contributed by atoms with van der Waals surface area (Å²) in [7, 11) is 0. The molecule has 29 heavy (non-hydrogen) atoms. The van der Waals surface area contributed by atoms with Crippen molar-refractivity contribution in [3.63, 3.8) is 0 Å². The summed E-state index contributed by atoms with van der Waals surface area (Å²) in [5.74, 6) is -0.0108. The van der Waals surface area contributed by atoms with Crippen LogP contribution in [0.15, 0.2) is 47.4 Å². The number of amides is 1. The summed E-state index contributed by atoms with van der Waals surface area (Å²) in [4.78, 5) is 20.6. The average Bonchev–Trinajstić information content (AvgIpc) is 3.40. The molecule has 4 nitrogen and oxygen atoms in total. The van der Waals surface area contributed by atoms with E-state index in [-0.39, 0.29) is 23.6 Å². The molecule has 0 saturated carbocycles. The number of halogens is 1. The van der Waals surface area contributed by atoms with Gasteiger partial charge in [-0.3, -0.25) is 9.69 Å². The second-order valence-electron chi connectivity index (χ2n) is 7.00. The van der Waals surface area contributed by atoms with Gasteiger partial charge in [0.1, 0.15) is 5.82 Å². The van der Waals surface area contributed by atoms with E-state index in [1.54, 1.807) is 28.4 Å². The molecule has 1 saturated heterocycles. The minimum absolute atomic E-state index is 0.00747. The molecule has 3 aromatic rings. The highest BCUT2D eigenvalue weighted by Crippen LogP contribution is 2.32. The first-order chi connectivity index (χ1) is 14.1. The zero-order valence-corrected chi connectivity index (χ0v) is 17.9. The SMILES string of the molecule is CCc1cccc2sc(N(CC3CCCO3)C(=O)CSc3ccc(F)cc3)nc12. The fraction of sp³-hybridized carbons (Fsp3) is 0.364. The van der Waals surface area contributed by atoms with Gasteiger partial charge in [0.05, 0.1) is 28.6 Å². The van der Waals surface area contributed by atoms with Crippen LogP contribution in [0.5, 0.6) is 0 Å². The molecule has 0 bridgehead atoms. The number of anilines is 1. The van der Waals surface area contributed by atoms with E-state index in [0.29, 0.717) is 6.54 Å². The molecule has 1 amide bonds. The van der Waals surface area contributed by atoms with Crippen LogP contribution in [-0.2, 0) is 16.0 Å². The molecule has 1 unspecified atom stereocenters. The number of rotatable bonds is 7. The average molecular weight is 431 g/mol. The Bertz CT molecular complexity index is 984. The van der Waals surface area contributed by atoms with Gasteiger partial charge < -0.3 is 4.74 Å². The lowest BCUT2D eigenvalue weighted by Gasteiger charge is -2.23. The first-order valence-electron chi connectivity index (χ1n) is 9.83. The third-order valence-corrected chi connectivity index (χ3v) is 7.03. The number of benzene rings is 2. The molecular formula is C22H23FN2O2S2. The maximum absolute atomic E-state index is 13.1. The number of aryl methyl sites for hydroxylation is 1. The van der Waals surface area contributed by atoms with Gasteiger partial charge >= 0.3 is 0 Å². The van der Waals surface area contributed by atoms with Crippen LogP contribution in [0.4, 0.5) is 9.52 Å². The van der Waals surface area contributed by atoms with Gasteiger partial charge in [-0.05, 0) is 55.2 Å². The summed E-state index contributed by atoms with van der Waals surface area (Å²) in [6.07, 6.45) is 2.93. The maximum atomic E-state index is 13.1.